The first-order valence-corrected chi connectivity index (χ1v) is 5.80. The van der Waals surface area contributed by atoms with Crippen molar-refractivity contribution in [1.82, 2.24) is 0 Å². The smallest absolute Gasteiger partial charge is 0.0818 e. The lowest BCUT2D eigenvalue weighted by Crippen LogP contribution is -2.12. The summed E-state index contributed by atoms with van der Waals surface area (Å²) >= 11 is 0. The summed E-state index contributed by atoms with van der Waals surface area (Å²) in [5.74, 6) is 0.223. The molecule has 0 spiro atoms. The molecule has 0 aliphatic carbocycles. The van der Waals surface area contributed by atoms with Gasteiger partial charge in [-0.2, -0.15) is 0 Å². The minimum absolute atomic E-state index is 0.223. The molecule has 0 heterocycles. The molecule has 90 valence electrons. The molecule has 1 rings (SSSR count). The molecular weight excluding hydrogens is 200 g/mol. The fourth-order valence-electron chi connectivity index (χ4n) is 1.93. The summed E-state index contributed by atoms with van der Waals surface area (Å²) in [6, 6.07) is 6.19. The second-order valence-corrected chi connectivity index (χ2v) is 4.56. The summed E-state index contributed by atoms with van der Waals surface area (Å²) in [4.78, 5) is 0. The highest BCUT2D eigenvalue weighted by atomic mass is 16.5. The van der Waals surface area contributed by atoms with Crippen molar-refractivity contribution in [2.45, 2.75) is 33.3 Å². The zero-order valence-corrected chi connectivity index (χ0v) is 10.7. The second-order valence-electron chi connectivity index (χ2n) is 4.56. The monoisotopic (exact) mass is 222 g/mol. The van der Waals surface area contributed by atoms with Crippen LogP contribution in [0.1, 0.15) is 36.1 Å². The molecule has 0 radical (unpaired) electrons. The SMILES string of the molecule is COCCC(C)C(O)c1ccc(C)cc1C. The van der Waals surface area contributed by atoms with E-state index in [1.54, 1.807) is 7.11 Å². The Bertz CT molecular complexity index is 334. The fourth-order valence-corrected chi connectivity index (χ4v) is 1.93. The number of rotatable bonds is 5. The minimum Gasteiger partial charge on any atom is -0.388 e. The Labute approximate surface area is 98.3 Å². The molecule has 2 unspecified atom stereocenters. The summed E-state index contributed by atoms with van der Waals surface area (Å²) < 4.78 is 5.04. The van der Waals surface area contributed by atoms with Gasteiger partial charge in [0.15, 0.2) is 0 Å². The van der Waals surface area contributed by atoms with Crippen LogP contribution in [0, 0.1) is 19.8 Å². The first-order valence-electron chi connectivity index (χ1n) is 5.80. The van der Waals surface area contributed by atoms with Crippen molar-refractivity contribution in [2.24, 2.45) is 5.92 Å². The van der Waals surface area contributed by atoms with E-state index in [1.807, 2.05) is 6.07 Å². The van der Waals surface area contributed by atoms with E-state index in [0.29, 0.717) is 6.61 Å². The fraction of sp³-hybridized carbons (Fsp3) is 0.571. The highest BCUT2D eigenvalue weighted by molar-refractivity contribution is 5.32. The summed E-state index contributed by atoms with van der Waals surface area (Å²) in [7, 11) is 1.69. The largest absolute Gasteiger partial charge is 0.388 e. The van der Waals surface area contributed by atoms with Gasteiger partial charge in [-0.15, -0.1) is 0 Å². The van der Waals surface area contributed by atoms with E-state index >= 15 is 0 Å². The molecule has 1 aromatic carbocycles. The van der Waals surface area contributed by atoms with Crippen molar-refractivity contribution < 1.29 is 9.84 Å². The number of methoxy groups -OCH3 is 1. The third-order valence-corrected chi connectivity index (χ3v) is 3.06. The van der Waals surface area contributed by atoms with Gasteiger partial charge in [0.25, 0.3) is 0 Å². The summed E-state index contributed by atoms with van der Waals surface area (Å²) in [5.41, 5.74) is 3.43. The van der Waals surface area contributed by atoms with Crippen LogP contribution in [0.15, 0.2) is 18.2 Å². The normalized spacial score (nSPS) is 14.8. The molecule has 0 bridgehead atoms. The predicted octanol–water partition coefficient (Wildman–Crippen LogP) is 3.01. The Morgan fingerprint density at radius 2 is 2.00 bits per heavy atom. The summed E-state index contributed by atoms with van der Waals surface area (Å²) in [6.45, 7) is 6.87. The van der Waals surface area contributed by atoms with Gasteiger partial charge in [-0.3, -0.25) is 0 Å². The van der Waals surface area contributed by atoms with Crippen molar-refractivity contribution in [3.8, 4) is 0 Å². The van der Waals surface area contributed by atoms with Crippen LogP contribution >= 0.6 is 0 Å². The van der Waals surface area contributed by atoms with Crippen LogP contribution in [0.4, 0.5) is 0 Å². The number of ether oxygens (including phenoxy) is 1. The Hall–Kier alpha value is -0.860. The standard InChI is InChI=1S/C14H22O2/c1-10-5-6-13(12(3)9-10)14(15)11(2)7-8-16-4/h5-6,9,11,14-15H,7-8H2,1-4H3. The van der Waals surface area contributed by atoms with Gasteiger partial charge in [-0.25, -0.2) is 0 Å². The van der Waals surface area contributed by atoms with Gasteiger partial charge in [-0.05, 0) is 37.3 Å². The number of benzene rings is 1. The van der Waals surface area contributed by atoms with E-state index in [9.17, 15) is 5.11 Å². The van der Waals surface area contributed by atoms with E-state index in [0.717, 1.165) is 17.5 Å². The van der Waals surface area contributed by atoms with Crippen LogP contribution in [0.5, 0.6) is 0 Å². The maximum atomic E-state index is 10.2. The van der Waals surface area contributed by atoms with E-state index in [1.165, 1.54) is 5.56 Å². The number of aliphatic hydroxyl groups is 1. The van der Waals surface area contributed by atoms with Crippen molar-refractivity contribution in [3.63, 3.8) is 0 Å². The second kappa shape index (κ2) is 6.02. The van der Waals surface area contributed by atoms with Crippen LogP contribution in [0.25, 0.3) is 0 Å². The maximum absolute atomic E-state index is 10.2. The van der Waals surface area contributed by atoms with Gasteiger partial charge in [0.05, 0.1) is 6.10 Å². The Kier molecular flexibility index (Phi) is 4.97. The average molecular weight is 222 g/mol. The molecule has 0 saturated carbocycles. The molecule has 1 aromatic rings. The molecule has 2 atom stereocenters. The van der Waals surface area contributed by atoms with Crippen molar-refractivity contribution in [3.05, 3.63) is 34.9 Å². The molecule has 0 aromatic heterocycles. The first kappa shape index (κ1) is 13.2. The van der Waals surface area contributed by atoms with Crippen molar-refractivity contribution in [2.75, 3.05) is 13.7 Å². The number of aliphatic hydroxyl groups excluding tert-OH is 1. The first-order chi connectivity index (χ1) is 7.56. The van der Waals surface area contributed by atoms with Crippen molar-refractivity contribution in [1.29, 1.82) is 0 Å². The lowest BCUT2D eigenvalue weighted by molar-refractivity contribution is 0.0881. The molecule has 16 heavy (non-hydrogen) atoms. The van der Waals surface area contributed by atoms with Crippen molar-refractivity contribution >= 4 is 0 Å². The van der Waals surface area contributed by atoms with E-state index in [4.69, 9.17) is 4.74 Å². The van der Waals surface area contributed by atoms with Crippen LogP contribution in [-0.4, -0.2) is 18.8 Å². The molecule has 0 aliphatic heterocycles. The van der Waals surface area contributed by atoms with Crippen LogP contribution in [0.2, 0.25) is 0 Å². The van der Waals surface area contributed by atoms with Gasteiger partial charge < -0.3 is 9.84 Å². The zero-order chi connectivity index (χ0) is 12.1. The zero-order valence-electron chi connectivity index (χ0n) is 10.7. The highest BCUT2D eigenvalue weighted by Gasteiger charge is 2.17. The van der Waals surface area contributed by atoms with E-state index in [2.05, 4.69) is 32.9 Å². The van der Waals surface area contributed by atoms with Gasteiger partial charge >= 0.3 is 0 Å². The molecule has 2 nitrogen and oxygen atoms in total. The third kappa shape index (κ3) is 3.32. The van der Waals surface area contributed by atoms with Crippen LogP contribution < -0.4 is 0 Å². The Morgan fingerprint density at radius 3 is 2.56 bits per heavy atom. The predicted molar refractivity (Wildman–Crippen MR) is 66.5 cm³/mol. The van der Waals surface area contributed by atoms with Gasteiger partial charge in [0.1, 0.15) is 0 Å². The number of hydrogen-bond acceptors (Lipinski definition) is 2. The van der Waals surface area contributed by atoms with Gasteiger partial charge in [-0.1, -0.05) is 30.7 Å². The maximum Gasteiger partial charge on any atom is 0.0818 e. The molecular formula is C14H22O2. The topological polar surface area (TPSA) is 29.5 Å². The van der Waals surface area contributed by atoms with Crippen LogP contribution in [-0.2, 0) is 4.74 Å². The van der Waals surface area contributed by atoms with E-state index < -0.39 is 6.10 Å². The minimum atomic E-state index is -0.393. The summed E-state index contributed by atoms with van der Waals surface area (Å²) in [6.07, 6.45) is 0.487. The average Bonchev–Trinajstić information content (AvgIpc) is 2.25. The van der Waals surface area contributed by atoms with E-state index in [-0.39, 0.29) is 5.92 Å². The number of aryl methyl sites for hydroxylation is 2. The summed E-state index contributed by atoms with van der Waals surface area (Å²) in [5, 5.41) is 10.2. The lowest BCUT2D eigenvalue weighted by Gasteiger charge is -2.20. The van der Waals surface area contributed by atoms with Gasteiger partial charge in [0.2, 0.25) is 0 Å². The Morgan fingerprint density at radius 1 is 1.31 bits per heavy atom. The number of hydrogen-bond donors (Lipinski definition) is 1. The quantitative estimate of drug-likeness (QED) is 0.830. The Balaban J connectivity index is 2.75. The molecule has 0 saturated heterocycles. The molecule has 0 amide bonds. The molecule has 1 N–H and O–H groups in total. The highest BCUT2D eigenvalue weighted by Crippen LogP contribution is 2.27. The lowest BCUT2D eigenvalue weighted by atomic mass is 9.91. The molecule has 0 aliphatic rings. The van der Waals surface area contributed by atoms with Crippen LogP contribution in [0.3, 0.4) is 0 Å². The molecule has 0 fully saturated rings. The van der Waals surface area contributed by atoms with Gasteiger partial charge in [0, 0.05) is 13.7 Å². The third-order valence-electron chi connectivity index (χ3n) is 3.06. The molecule has 2 heteroatoms.